The van der Waals surface area contributed by atoms with E-state index in [0.29, 0.717) is 12.6 Å². The topological polar surface area (TPSA) is 52.6 Å². The van der Waals surface area contributed by atoms with Gasteiger partial charge in [0.2, 0.25) is 0 Å². The molecule has 0 bridgehead atoms. The molecule has 18 heavy (non-hydrogen) atoms. The van der Waals surface area contributed by atoms with E-state index in [9.17, 15) is 9.90 Å². The maximum absolute atomic E-state index is 11.3. The first-order chi connectivity index (χ1) is 8.70. The van der Waals surface area contributed by atoms with E-state index in [-0.39, 0.29) is 6.04 Å². The standard InChI is InChI=1S/C14H24N2O2/c17-14(18)13(15-12-5-6-12)9-16(7-10-1-2-10)8-11-3-4-11/h10-13,15H,1-9H2,(H,17,18). The van der Waals surface area contributed by atoms with E-state index in [1.807, 2.05) is 0 Å². The highest BCUT2D eigenvalue weighted by Crippen LogP contribution is 2.33. The first kappa shape index (κ1) is 12.4. The fourth-order valence-corrected chi connectivity index (χ4v) is 2.55. The number of hydrogen-bond donors (Lipinski definition) is 2. The van der Waals surface area contributed by atoms with E-state index in [1.165, 1.54) is 25.7 Å². The monoisotopic (exact) mass is 252 g/mol. The van der Waals surface area contributed by atoms with Crippen molar-refractivity contribution in [1.29, 1.82) is 0 Å². The lowest BCUT2D eigenvalue weighted by Crippen LogP contribution is -2.48. The molecule has 1 unspecified atom stereocenters. The molecule has 3 rings (SSSR count). The van der Waals surface area contributed by atoms with E-state index in [1.54, 1.807) is 0 Å². The summed E-state index contributed by atoms with van der Waals surface area (Å²) in [7, 11) is 0. The molecule has 0 saturated heterocycles. The third kappa shape index (κ3) is 3.95. The molecule has 3 aliphatic rings. The molecule has 3 saturated carbocycles. The normalized spacial score (nSPS) is 25.4. The molecule has 4 nitrogen and oxygen atoms in total. The third-order valence-electron chi connectivity index (χ3n) is 4.18. The Balaban J connectivity index is 1.51. The molecule has 102 valence electrons. The summed E-state index contributed by atoms with van der Waals surface area (Å²) in [6.07, 6.45) is 7.66. The third-order valence-corrected chi connectivity index (χ3v) is 4.18. The van der Waals surface area contributed by atoms with E-state index >= 15 is 0 Å². The van der Waals surface area contributed by atoms with Crippen molar-refractivity contribution >= 4 is 5.97 Å². The number of carboxylic acid groups (broad SMARTS) is 1. The van der Waals surface area contributed by atoms with Crippen molar-refractivity contribution in [2.45, 2.75) is 50.6 Å². The number of nitrogens with zero attached hydrogens (tertiary/aromatic N) is 1. The quantitative estimate of drug-likeness (QED) is 0.650. The van der Waals surface area contributed by atoms with Gasteiger partial charge in [0.15, 0.2) is 0 Å². The van der Waals surface area contributed by atoms with Crippen molar-refractivity contribution in [3.63, 3.8) is 0 Å². The minimum Gasteiger partial charge on any atom is -0.480 e. The number of rotatable bonds is 9. The summed E-state index contributed by atoms with van der Waals surface area (Å²) in [5, 5.41) is 12.6. The first-order valence-corrected chi connectivity index (χ1v) is 7.42. The summed E-state index contributed by atoms with van der Waals surface area (Å²) in [5.74, 6) is 1.01. The summed E-state index contributed by atoms with van der Waals surface area (Å²) < 4.78 is 0. The smallest absolute Gasteiger partial charge is 0.322 e. The number of nitrogens with one attached hydrogen (secondary N) is 1. The average molecular weight is 252 g/mol. The van der Waals surface area contributed by atoms with Crippen LogP contribution in [0.25, 0.3) is 0 Å². The zero-order valence-corrected chi connectivity index (χ0v) is 11.0. The van der Waals surface area contributed by atoms with Gasteiger partial charge in [0.1, 0.15) is 6.04 Å². The minimum absolute atomic E-state index is 0.366. The largest absolute Gasteiger partial charge is 0.480 e. The van der Waals surface area contributed by atoms with Crippen molar-refractivity contribution < 1.29 is 9.90 Å². The Morgan fingerprint density at radius 3 is 2.06 bits per heavy atom. The van der Waals surface area contributed by atoms with E-state index in [0.717, 1.165) is 37.8 Å². The van der Waals surface area contributed by atoms with Gasteiger partial charge in [-0.15, -0.1) is 0 Å². The average Bonchev–Trinajstić information content (AvgIpc) is 3.12. The highest BCUT2D eigenvalue weighted by Gasteiger charge is 2.33. The highest BCUT2D eigenvalue weighted by molar-refractivity contribution is 5.73. The number of aliphatic carboxylic acids is 1. The van der Waals surface area contributed by atoms with Crippen LogP contribution in [0.4, 0.5) is 0 Å². The van der Waals surface area contributed by atoms with Gasteiger partial charge in [-0.25, -0.2) is 0 Å². The van der Waals surface area contributed by atoms with Crippen LogP contribution in [0.5, 0.6) is 0 Å². The van der Waals surface area contributed by atoms with Crippen LogP contribution < -0.4 is 5.32 Å². The van der Waals surface area contributed by atoms with Crippen molar-refractivity contribution in [3.8, 4) is 0 Å². The molecule has 0 radical (unpaired) electrons. The van der Waals surface area contributed by atoms with Crippen molar-refractivity contribution in [1.82, 2.24) is 10.2 Å². The van der Waals surface area contributed by atoms with Crippen LogP contribution in [-0.2, 0) is 4.79 Å². The Hall–Kier alpha value is -0.610. The molecule has 0 aromatic heterocycles. The van der Waals surface area contributed by atoms with E-state index in [4.69, 9.17) is 0 Å². The Morgan fingerprint density at radius 1 is 1.11 bits per heavy atom. The highest BCUT2D eigenvalue weighted by atomic mass is 16.4. The molecular formula is C14H24N2O2. The van der Waals surface area contributed by atoms with Crippen molar-refractivity contribution in [2.75, 3.05) is 19.6 Å². The second kappa shape index (κ2) is 5.17. The van der Waals surface area contributed by atoms with E-state index < -0.39 is 5.97 Å². The van der Waals surface area contributed by atoms with Gasteiger partial charge in [0.05, 0.1) is 0 Å². The van der Waals surface area contributed by atoms with E-state index in [2.05, 4.69) is 10.2 Å². The van der Waals surface area contributed by atoms with Crippen LogP contribution >= 0.6 is 0 Å². The summed E-state index contributed by atoms with van der Waals surface area (Å²) in [5.41, 5.74) is 0. The summed E-state index contributed by atoms with van der Waals surface area (Å²) >= 11 is 0. The van der Waals surface area contributed by atoms with Gasteiger partial charge in [-0.1, -0.05) is 0 Å². The molecule has 3 aliphatic carbocycles. The van der Waals surface area contributed by atoms with Gasteiger partial charge in [0, 0.05) is 25.7 Å². The van der Waals surface area contributed by atoms with Crippen LogP contribution in [0, 0.1) is 11.8 Å². The molecule has 2 N–H and O–H groups in total. The molecule has 0 spiro atoms. The van der Waals surface area contributed by atoms with Gasteiger partial charge in [-0.05, 0) is 50.4 Å². The Labute approximate surface area is 109 Å². The molecule has 0 amide bonds. The van der Waals surface area contributed by atoms with Crippen molar-refractivity contribution in [2.24, 2.45) is 11.8 Å². The van der Waals surface area contributed by atoms with Gasteiger partial charge < -0.3 is 15.3 Å². The second-order valence-electron chi connectivity index (χ2n) is 6.44. The lowest BCUT2D eigenvalue weighted by Gasteiger charge is -2.26. The SMILES string of the molecule is O=C(O)C(CN(CC1CC1)CC1CC1)NC1CC1. The molecule has 0 aromatic rings. The molecular weight excluding hydrogens is 228 g/mol. The molecule has 3 fully saturated rings. The van der Waals surface area contributed by atoms with Gasteiger partial charge in [-0.2, -0.15) is 0 Å². The summed E-state index contributed by atoms with van der Waals surface area (Å²) in [4.78, 5) is 13.7. The summed E-state index contributed by atoms with van der Waals surface area (Å²) in [6.45, 7) is 2.93. The molecule has 0 heterocycles. The minimum atomic E-state index is -0.682. The summed E-state index contributed by atoms with van der Waals surface area (Å²) in [6, 6.07) is 0.102. The number of hydrogen-bond acceptors (Lipinski definition) is 3. The Kier molecular flexibility index (Phi) is 3.57. The lowest BCUT2D eigenvalue weighted by atomic mass is 10.2. The van der Waals surface area contributed by atoms with Gasteiger partial charge in [0.25, 0.3) is 0 Å². The molecule has 4 heteroatoms. The number of carboxylic acids is 1. The maximum atomic E-state index is 11.3. The molecule has 0 aromatic carbocycles. The van der Waals surface area contributed by atoms with Crippen LogP contribution in [0.15, 0.2) is 0 Å². The zero-order valence-electron chi connectivity index (χ0n) is 11.0. The van der Waals surface area contributed by atoms with Crippen LogP contribution in [0.1, 0.15) is 38.5 Å². The fourth-order valence-electron chi connectivity index (χ4n) is 2.55. The Bertz CT molecular complexity index is 295. The Morgan fingerprint density at radius 2 is 1.67 bits per heavy atom. The van der Waals surface area contributed by atoms with Crippen molar-refractivity contribution in [3.05, 3.63) is 0 Å². The molecule has 0 aliphatic heterocycles. The molecule has 1 atom stereocenters. The zero-order chi connectivity index (χ0) is 12.5. The van der Waals surface area contributed by atoms with Crippen LogP contribution in [-0.4, -0.2) is 47.7 Å². The predicted octanol–water partition coefficient (Wildman–Crippen LogP) is 1.31. The maximum Gasteiger partial charge on any atom is 0.322 e. The van der Waals surface area contributed by atoms with Crippen LogP contribution in [0.2, 0.25) is 0 Å². The second-order valence-corrected chi connectivity index (χ2v) is 6.44. The van der Waals surface area contributed by atoms with Crippen LogP contribution in [0.3, 0.4) is 0 Å². The lowest BCUT2D eigenvalue weighted by molar-refractivity contribution is -0.140. The number of carbonyl (C=O) groups is 1. The van der Waals surface area contributed by atoms with Gasteiger partial charge >= 0.3 is 5.97 Å². The fraction of sp³-hybridized carbons (Fsp3) is 0.929. The predicted molar refractivity (Wildman–Crippen MR) is 69.5 cm³/mol. The van der Waals surface area contributed by atoms with Gasteiger partial charge in [-0.3, -0.25) is 4.79 Å². The first-order valence-electron chi connectivity index (χ1n) is 7.42.